The summed E-state index contributed by atoms with van der Waals surface area (Å²) in [7, 11) is 3.95. The van der Waals surface area contributed by atoms with Crippen molar-refractivity contribution < 1.29 is 4.79 Å². The maximum Gasteiger partial charge on any atom is 0.255 e. The molecule has 5 nitrogen and oxygen atoms in total. The lowest BCUT2D eigenvalue weighted by Gasteiger charge is -2.15. The van der Waals surface area contributed by atoms with Crippen LogP contribution >= 0.6 is 0 Å². The molecule has 0 spiro atoms. The molecule has 1 amide bonds. The number of hydrogen-bond acceptors (Lipinski definition) is 4. The van der Waals surface area contributed by atoms with Gasteiger partial charge in [-0.1, -0.05) is 12.1 Å². The summed E-state index contributed by atoms with van der Waals surface area (Å²) in [5, 5.41) is 6.25. The Morgan fingerprint density at radius 2 is 1.96 bits per heavy atom. The smallest absolute Gasteiger partial charge is 0.255 e. The SMILES string of the molecule is CN(C)c1ccc(C(=O)Nc2cccc(C3=NCCCN3)c2)cc1. The second kappa shape index (κ2) is 7.17. The van der Waals surface area contributed by atoms with E-state index in [9.17, 15) is 4.79 Å². The Kier molecular flexibility index (Phi) is 4.79. The molecule has 1 heterocycles. The lowest BCUT2D eigenvalue weighted by Crippen LogP contribution is -2.30. The molecule has 24 heavy (non-hydrogen) atoms. The van der Waals surface area contributed by atoms with E-state index in [4.69, 9.17) is 0 Å². The van der Waals surface area contributed by atoms with Crippen LogP contribution in [0.4, 0.5) is 11.4 Å². The molecule has 124 valence electrons. The van der Waals surface area contributed by atoms with Crippen LogP contribution in [0.3, 0.4) is 0 Å². The summed E-state index contributed by atoms with van der Waals surface area (Å²) in [5.74, 6) is 0.781. The molecule has 0 aliphatic carbocycles. The van der Waals surface area contributed by atoms with Crippen molar-refractivity contribution in [2.24, 2.45) is 4.99 Å². The van der Waals surface area contributed by atoms with Gasteiger partial charge < -0.3 is 15.5 Å². The lowest BCUT2D eigenvalue weighted by molar-refractivity contribution is 0.102. The largest absolute Gasteiger partial charge is 0.378 e. The highest BCUT2D eigenvalue weighted by atomic mass is 16.1. The van der Waals surface area contributed by atoms with Crippen molar-refractivity contribution in [1.29, 1.82) is 0 Å². The minimum absolute atomic E-state index is 0.115. The van der Waals surface area contributed by atoms with Gasteiger partial charge in [-0.25, -0.2) is 0 Å². The molecule has 0 aromatic heterocycles. The van der Waals surface area contributed by atoms with Crippen molar-refractivity contribution >= 4 is 23.1 Å². The molecule has 0 saturated heterocycles. The van der Waals surface area contributed by atoms with Crippen LogP contribution in [0.15, 0.2) is 53.5 Å². The van der Waals surface area contributed by atoms with Crippen LogP contribution in [-0.2, 0) is 0 Å². The number of carbonyl (C=O) groups is 1. The minimum atomic E-state index is -0.115. The summed E-state index contributed by atoms with van der Waals surface area (Å²) in [6, 6.07) is 15.3. The standard InChI is InChI=1S/C19H22N4O/c1-23(2)17-9-7-14(8-10-17)19(24)22-16-6-3-5-15(13-16)18-20-11-4-12-21-18/h3,5-10,13H,4,11-12H2,1-2H3,(H,20,21)(H,22,24). The van der Waals surface area contributed by atoms with E-state index in [0.717, 1.165) is 42.3 Å². The molecular weight excluding hydrogens is 300 g/mol. The van der Waals surface area contributed by atoms with Gasteiger partial charge in [0, 0.05) is 49.7 Å². The van der Waals surface area contributed by atoms with E-state index in [2.05, 4.69) is 15.6 Å². The van der Waals surface area contributed by atoms with Crippen LogP contribution in [0.25, 0.3) is 0 Å². The van der Waals surface area contributed by atoms with E-state index in [-0.39, 0.29) is 5.91 Å². The Labute approximate surface area is 142 Å². The quantitative estimate of drug-likeness (QED) is 0.910. The van der Waals surface area contributed by atoms with Gasteiger partial charge in [-0.15, -0.1) is 0 Å². The fourth-order valence-electron chi connectivity index (χ4n) is 2.58. The maximum atomic E-state index is 12.4. The third-order valence-electron chi connectivity index (χ3n) is 3.94. The molecule has 2 aromatic rings. The predicted molar refractivity (Wildman–Crippen MR) is 99.2 cm³/mol. The van der Waals surface area contributed by atoms with E-state index in [1.54, 1.807) is 0 Å². The third-order valence-corrected chi connectivity index (χ3v) is 3.94. The zero-order valence-corrected chi connectivity index (χ0v) is 14.0. The van der Waals surface area contributed by atoms with E-state index in [1.807, 2.05) is 67.5 Å². The molecule has 1 aliphatic rings. The van der Waals surface area contributed by atoms with E-state index in [0.29, 0.717) is 5.56 Å². The highest BCUT2D eigenvalue weighted by molar-refractivity contribution is 6.05. The molecule has 0 bridgehead atoms. The Hall–Kier alpha value is -2.82. The second-order valence-corrected chi connectivity index (χ2v) is 5.99. The average Bonchev–Trinajstić information content (AvgIpc) is 2.63. The number of nitrogens with zero attached hydrogens (tertiary/aromatic N) is 2. The van der Waals surface area contributed by atoms with Crippen LogP contribution in [-0.4, -0.2) is 38.9 Å². The molecule has 3 rings (SSSR count). The maximum absolute atomic E-state index is 12.4. The van der Waals surface area contributed by atoms with Gasteiger partial charge in [0.05, 0.1) is 0 Å². The molecular formula is C19H22N4O. The van der Waals surface area contributed by atoms with Crippen molar-refractivity contribution in [3.8, 4) is 0 Å². The van der Waals surface area contributed by atoms with Gasteiger partial charge in [-0.2, -0.15) is 0 Å². The number of nitrogens with one attached hydrogen (secondary N) is 2. The average molecular weight is 322 g/mol. The van der Waals surface area contributed by atoms with Crippen molar-refractivity contribution in [2.45, 2.75) is 6.42 Å². The van der Waals surface area contributed by atoms with Crippen LogP contribution < -0.4 is 15.5 Å². The first-order chi connectivity index (χ1) is 11.6. The third kappa shape index (κ3) is 3.74. The molecule has 0 saturated carbocycles. The number of amidine groups is 1. The zero-order valence-electron chi connectivity index (χ0n) is 14.0. The Morgan fingerprint density at radius 3 is 2.62 bits per heavy atom. The van der Waals surface area contributed by atoms with Gasteiger partial charge in [0.1, 0.15) is 5.84 Å². The van der Waals surface area contributed by atoms with Gasteiger partial charge in [0.25, 0.3) is 5.91 Å². The number of amides is 1. The van der Waals surface area contributed by atoms with Crippen LogP contribution in [0, 0.1) is 0 Å². The van der Waals surface area contributed by atoms with Crippen LogP contribution in [0.5, 0.6) is 0 Å². The number of aliphatic imine (C=N–C) groups is 1. The molecule has 2 aromatic carbocycles. The summed E-state index contributed by atoms with van der Waals surface area (Å²) < 4.78 is 0. The Bertz CT molecular complexity index is 750. The van der Waals surface area contributed by atoms with E-state index < -0.39 is 0 Å². The van der Waals surface area contributed by atoms with Gasteiger partial charge in [0.15, 0.2) is 0 Å². The number of rotatable bonds is 4. The monoisotopic (exact) mass is 322 g/mol. The molecule has 5 heteroatoms. The number of benzene rings is 2. The van der Waals surface area contributed by atoms with E-state index in [1.165, 1.54) is 0 Å². The van der Waals surface area contributed by atoms with Crippen molar-refractivity contribution in [3.05, 3.63) is 59.7 Å². The normalized spacial score (nSPS) is 13.7. The van der Waals surface area contributed by atoms with Gasteiger partial charge >= 0.3 is 0 Å². The molecule has 0 unspecified atom stereocenters. The summed E-state index contributed by atoms with van der Waals surface area (Å²) in [4.78, 5) is 18.9. The number of hydrogen-bond donors (Lipinski definition) is 2. The molecule has 0 radical (unpaired) electrons. The molecule has 0 fully saturated rings. The van der Waals surface area contributed by atoms with Crippen molar-refractivity contribution in [2.75, 3.05) is 37.4 Å². The van der Waals surface area contributed by atoms with Crippen LogP contribution in [0.1, 0.15) is 22.3 Å². The summed E-state index contributed by atoms with van der Waals surface area (Å²) in [6.45, 7) is 1.78. The second-order valence-electron chi connectivity index (χ2n) is 5.99. The number of carbonyl (C=O) groups excluding carboxylic acids is 1. The Morgan fingerprint density at radius 1 is 1.17 bits per heavy atom. The minimum Gasteiger partial charge on any atom is -0.378 e. The molecule has 0 atom stereocenters. The number of anilines is 2. The predicted octanol–water partition coefficient (Wildman–Crippen LogP) is 2.74. The van der Waals surface area contributed by atoms with E-state index >= 15 is 0 Å². The van der Waals surface area contributed by atoms with Gasteiger partial charge in [-0.05, 0) is 42.8 Å². The summed E-state index contributed by atoms with van der Waals surface area (Å²) in [6.07, 6.45) is 1.06. The first kappa shape index (κ1) is 16.1. The topological polar surface area (TPSA) is 56.7 Å². The van der Waals surface area contributed by atoms with Crippen molar-refractivity contribution in [1.82, 2.24) is 5.32 Å². The van der Waals surface area contributed by atoms with Crippen LogP contribution in [0.2, 0.25) is 0 Å². The Balaban J connectivity index is 1.73. The molecule has 2 N–H and O–H groups in total. The van der Waals surface area contributed by atoms with Gasteiger partial charge in [0.2, 0.25) is 0 Å². The lowest BCUT2D eigenvalue weighted by atomic mass is 10.1. The fraction of sp³-hybridized carbons (Fsp3) is 0.263. The zero-order chi connectivity index (χ0) is 16.9. The summed E-state index contributed by atoms with van der Waals surface area (Å²) >= 11 is 0. The first-order valence-corrected chi connectivity index (χ1v) is 8.11. The highest BCUT2D eigenvalue weighted by Gasteiger charge is 2.10. The molecule has 1 aliphatic heterocycles. The summed E-state index contributed by atoms with van der Waals surface area (Å²) in [5.41, 5.74) is 3.47. The van der Waals surface area contributed by atoms with Crippen molar-refractivity contribution in [3.63, 3.8) is 0 Å². The first-order valence-electron chi connectivity index (χ1n) is 8.11. The van der Waals surface area contributed by atoms with Gasteiger partial charge in [-0.3, -0.25) is 9.79 Å². The fourth-order valence-corrected chi connectivity index (χ4v) is 2.58. The highest BCUT2D eigenvalue weighted by Crippen LogP contribution is 2.16.